The van der Waals surface area contributed by atoms with Crippen molar-refractivity contribution in [1.82, 2.24) is 9.21 Å². The van der Waals surface area contributed by atoms with E-state index in [1.165, 1.54) is 0 Å². The first-order valence-corrected chi connectivity index (χ1v) is 9.03. The zero-order chi connectivity index (χ0) is 15.3. The van der Waals surface area contributed by atoms with E-state index in [0.29, 0.717) is 24.5 Å². The van der Waals surface area contributed by atoms with Crippen LogP contribution in [0.4, 0.5) is 0 Å². The third-order valence-corrected chi connectivity index (χ3v) is 5.78. The molecule has 0 atom stereocenters. The molecule has 0 spiro atoms. The summed E-state index contributed by atoms with van der Waals surface area (Å²) in [5.74, 6) is 0. The minimum atomic E-state index is -3.36. The highest BCUT2D eigenvalue weighted by Gasteiger charge is 2.27. The van der Waals surface area contributed by atoms with Gasteiger partial charge < -0.3 is 10.6 Å². The second-order valence-electron chi connectivity index (χ2n) is 5.43. The van der Waals surface area contributed by atoms with E-state index in [4.69, 9.17) is 5.73 Å². The van der Waals surface area contributed by atoms with E-state index < -0.39 is 10.0 Å². The molecule has 118 valence electrons. The van der Waals surface area contributed by atoms with Gasteiger partial charge in [0, 0.05) is 26.2 Å². The predicted octanol–water partition coefficient (Wildman–Crippen LogP) is 0.904. The van der Waals surface area contributed by atoms with Crippen LogP contribution in [0.1, 0.15) is 18.9 Å². The number of hydrogen-bond donors (Lipinski definition) is 1. The van der Waals surface area contributed by atoms with E-state index >= 15 is 0 Å². The number of piperazine rings is 1. The van der Waals surface area contributed by atoms with Crippen molar-refractivity contribution < 1.29 is 8.42 Å². The van der Waals surface area contributed by atoms with Gasteiger partial charge in [-0.2, -0.15) is 4.31 Å². The summed E-state index contributed by atoms with van der Waals surface area (Å²) in [6, 6.07) is 7.09. The Morgan fingerprint density at radius 3 is 2.24 bits per heavy atom. The third kappa shape index (κ3) is 4.03. The van der Waals surface area contributed by atoms with Crippen LogP contribution in [0.5, 0.6) is 0 Å². The Morgan fingerprint density at radius 1 is 1.10 bits per heavy atom. The number of hydrogen-bond acceptors (Lipinski definition) is 4. The molecule has 1 aromatic rings. The molecule has 2 N–H and O–H groups in total. The summed E-state index contributed by atoms with van der Waals surface area (Å²) in [7, 11) is -3.36. The maximum atomic E-state index is 12.6. The number of nitrogens with two attached hydrogens (primary N) is 1. The number of rotatable bonds is 6. The molecule has 6 heteroatoms. The fourth-order valence-corrected chi connectivity index (χ4v) is 4.08. The van der Waals surface area contributed by atoms with E-state index in [1.54, 1.807) is 16.4 Å². The average molecular weight is 311 g/mol. The van der Waals surface area contributed by atoms with Crippen molar-refractivity contribution in [3.8, 4) is 0 Å². The number of nitrogens with zero attached hydrogens (tertiary/aromatic N) is 2. The Bertz CT molecular complexity index is 535. The van der Waals surface area contributed by atoms with E-state index in [0.717, 1.165) is 38.0 Å². The summed E-state index contributed by atoms with van der Waals surface area (Å²) in [5, 5.41) is 0. The second kappa shape index (κ2) is 7.35. The van der Waals surface area contributed by atoms with Crippen molar-refractivity contribution in [2.45, 2.75) is 24.7 Å². The van der Waals surface area contributed by atoms with Crippen LogP contribution in [0.25, 0.3) is 0 Å². The molecule has 1 fully saturated rings. The maximum Gasteiger partial charge on any atom is 0.243 e. The highest BCUT2D eigenvalue weighted by atomic mass is 32.2. The Morgan fingerprint density at radius 2 is 1.71 bits per heavy atom. The minimum absolute atomic E-state index is 0.382. The lowest BCUT2D eigenvalue weighted by atomic mass is 10.2. The van der Waals surface area contributed by atoms with Crippen molar-refractivity contribution in [2.24, 2.45) is 5.73 Å². The van der Waals surface area contributed by atoms with Crippen LogP contribution in [-0.2, 0) is 16.4 Å². The minimum Gasteiger partial charge on any atom is -0.330 e. The lowest BCUT2D eigenvalue weighted by Crippen LogP contribution is -2.48. The summed E-state index contributed by atoms with van der Waals surface area (Å²) in [4.78, 5) is 2.70. The van der Waals surface area contributed by atoms with Gasteiger partial charge >= 0.3 is 0 Å². The summed E-state index contributed by atoms with van der Waals surface area (Å²) in [6.07, 6.45) is 1.88. The van der Waals surface area contributed by atoms with Crippen LogP contribution in [0, 0.1) is 0 Å². The largest absolute Gasteiger partial charge is 0.330 e. The molecule has 21 heavy (non-hydrogen) atoms. The molecule has 1 aromatic carbocycles. The van der Waals surface area contributed by atoms with Crippen molar-refractivity contribution in [3.63, 3.8) is 0 Å². The Labute approximate surface area is 127 Å². The molecule has 5 nitrogen and oxygen atoms in total. The molecule has 0 unspecified atom stereocenters. The van der Waals surface area contributed by atoms with Gasteiger partial charge in [0.05, 0.1) is 4.90 Å². The normalized spacial score (nSPS) is 18.0. The Hall–Kier alpha value is -0.950. The topological polar surface area (TPSA) is 66.6 Å². The van der Waals surface area contributed by atoms with Crippen LogP contribution in [-0.4, -0.2) is 56.9 Å². The van der Waals surface area contributed by atoms with Gasteiger partial charge in [-0.1, -0.05) is 19.1 Å². The van der Waals surface area contributed by atoms with Gasteiger partial charge in [0.25, 0.3) is 0 Å². The van der Waals surface area contributed by atoms with Crippen LogP contribution >= 0.6 is 0 Å². The monoisotopic (exact) mass is 311 g/mol. The van der Waals surface area contributed by atoms with Crippen molar-refractivity contribution in [3.05, 3.63) is 29.8 Å². The lowest BCUT2D eigenvalue weighted by molar-refractivity contribution is 0.188. The average Bonchev–Trinajstić information content (AvgIpc) is 2.49. The summed E-state index contributed by atoms with van der Waals surface area (Å²) in [5.41, 5.74) is 6.58. The van der Waals surface area contributed by atoms with Gasteiger partial charge in [0.1, 0.15) is 0 Å². The quantitative estimate of drug-likeness (QED) is 0.848. The molecule has 0 amide bonds. The Kier molecular flexibility index (Phi) is 5.75. The fraction of sp³-hybridized carbons (Fsp3) is 0.600. The highest BCUT2D eigenvalue weighted by molar-refractivity contribution is 7.89. The van der Waals surface area contributed by atoms with Crippen molar-refractivity contribution in [2.75, 3.05) is 39.3 Å². The zero-order valence-electron chi connectivity index (χ0n) is 12.7. The van der Waals surface area contributed by atoms with Crippen LogP contribution < -0.4 is 5.73 Å². The third-order valence-electron chi connectivity index (χ3n) is 3.87. The molecule has 1 aliphatic heterocycles. The number of sulfonamides is 1. The van der Waals surface area contributed by atoms with Gasteiger partial charge in [-0.15, -0.1) is 0 Å². The van der Waals surface area contributed by atoms with E-state index in [1.807, 2.05) is 12.1 Å². The molecule has 0 aromatic heterocycles. The van der Waals surface area contributed by atoms with Gasteiger partial charge in [-0.05, 0) is 43.6 Å². The standard InChI is InChI=1S/C15H25N3O2S/c1-2-9-17-10-12-18(13-11-17)21(19,20)15-5-3-14(4-6-15)7-8-16/h3-6H,2,7-13,16H2,1H3. The molecule has 0 saturated carbocycles. The smallest absolute Gasteiger partial charge is 0.243 e. The molecule has 1 aliphatic rings. The molecule has 1 heterocycles. The van der Waals surface area contributed by atoms with Crippen LogP contribution in [0.15, 0.2) is 29.2 Å². The molecule has 0 bridgehead atoms. The second-order valence-corrected chi connectivity index (χ2v) is 7.37. The summed E-state index contributed by atoms with van der Waals surface area (Å²) in [6.45, 7) is 6.55. The predicted molar refractivity (Wildman–Crippen MR) is 84.7 cm³/mol. The molecule has 0 radical (unpaired) electrons. The van der Waals surface area contributed by atoms with Crippen molar-refractivity contribution >= 4 is 10.0 Å². The molecule has 0 aliphatic carbocycles. The first-order valence-electron chi connectivity index (χ1n) is 7.59. The van der Waals surface area contributed by atoms with E-state index in [-0.39, 0.29) is 0 Å². The first kappa shape index (κ1) is 16.4. The van der Waals surface area contributed by atoms with Gasteiger partial charge in [-0.3, -0.25) is 0 Å². The van der Waals surface area contributed by atoms with Crippen LogP contribution in [0.2, 0.25) is 0 Å². The maximum absolute atomic E-state index is 12.6. The summed E-state index contributed by atoms with van der Waals surface area (Å²) < 4.78 is 26.8. The number of benzene rings is 1. The SMILES string of the molecule is CCCN1CCN(S(=O)(=O)c2ccc(CCN)cc2)CC1. The van der Waals surface area contributed by atoms with Gasteiger partial charge in [-0.25, -0.2) is 8.42 Å². The lowest BCUT2D eigenvalue weighted by Gasteiger charge is -2.33. The van der Waals surface area contributed by atoms with Gasteiger partial charge in [0.15, 0.2) is 0 Å². The van der Waals surface area contributed by atoms with Crippen LogP contribution in [0.3, 0.4) is 0 Å². The zero-order valence-corrected chi connectivity index (χ0v) is 13.5. The molecule has 2 rings (SSSR count). The van der Waals surface area contributed by atoms with Gasteiger partial charge in [0.2, 0.25) is 10.0 Å². The molecule has 1 saturated heterocycles. The Balaban J connectivity index is 2.04. The fourth-order valence-electron chi connectivity index (χ4n) is 2.65. The van der Waals surface area contributed by atoms with E-state index in [2.05, 4.69) is 11.8 Å². The highest BCUT2D eigenvalue weighted by Crippen LogP contribution is 2.18. The summed E-state index contributed by atoms with van der Waals surface area (Å²) >= 11 is 0. The molecular formula is C15H25N3O2S. The molecular weight excluding hydrogens is 286 g/mol. The van der Waals surface area contributed by atoms with Crippen molar-refractivity contribution in [1.29, 1.82) is 0 Å². The van der Waals surface area contributed by atoms with E-state index in [9.17, 15) is 8.42 Å². The first-order chi connectivity index (χ1) is 10.1.